The number of carboxylic acids is 1. The molecule has 1 heterocycles. The largest absolute Gasteiger partial charge is 0.481 e. The molecule has 18 heavy (non-hydrogen) atoms. The zero-order valence-corrected chi connectivity index (χ0v) is 11.6. The van der Waals surface area contributed by atoms with Crippen LogP contribution < -0.4 is 0 Å². The third kappa shape index (κ3) is 3.43. The van der Waals surface area contributed by atoms with Gasteiger partial charge in [-0.05, 0) is 12.8 Å². The number of sulfonamides is 1. The fourth-order valence-electron chi connectivity index (χ4n) is 2.17. The minimum atomic E-state index is -3.39. The highest BCUT2D eigenvalue weighted by Gasteiger charge is 2.41. The number of hydrogen-bond acceptors (Lipinski definition) is 4. The molecule has 0 spiro atoms. The summed E-state index contributed by atoms with van der Waals surface area (Å²) >= 11 is 0. The fourth-order valence-corrected chi connectivity index (χ4v) is 4.00. The first kappa shape index (κ1) is 15.4. The summed E-state index contributed by atoms with van der Waals surface area (Å²) in [6.07, 6.45) is 1.18. The maximum absolute atomic E-state index is 12.2. The molecule has 0 radical (unpaired) electrons. The van der Waals surface area contributed by atoms with Gasteiger partial charge in [-0.2, -0.15) is 4.31 Å². The van der Waals surface area contributed by atoms with Crippen molar-refractivity contribution >= 4 is 16.0 Å². The van der Waals surface area contributed by atoms with Crippen LogP contribution in [0.25, 0.3) is 0 Å². The van der Waals surface area contributed by atoms with E-state index in [1.165, 1.54) is 4.31 Å². The lowest BCUT2D eigenvalue weighted by molar-refractivity contribution is -0.142. The summed E-state index contributed by atoms with van der Waals surface area (Å²) in [5, 5.41) is 9.09. The summed E-state index contributed by atoms with van der Waals surface area (Å²) < 4.78 is 30.8. The Morgan fingerprint density at radius 1 is 1.33 bits per heavy atom. The van der Waals surface area contributed by atoms with E-state index >= 15 is 0 Å². The van der Waals surface area contributed by atoms with E-state index in [1.54, 1.807) is 6.92 Å². The Balaban J connectivity index is 2.94. The van der Waals surface area contributed by atoms with Crippen molar-refractivity contribution in [1.29, 1.82) is 0 Å². The maximum atomic E-state index is 12.2. The third-order valence-corrected chi connectivity index (χ3v) is 5.09. The van der Waals surface area contributed by atoms with E-state index in [4.69, 9.17) is 9.84 Å². The summed E-state index contributed by atoms with van der Waals surface area (Å²) in [4.78, 5) is 11.1. The Bertz CT molecular complexity index is 381. The Kier molecular flexibility index (Phi) is 5.55. The highest BCUT2D eigenvalue weighted by Crippen LogP contribution is 2.23. The molecule has 0 saturated carbocycles. The van der Waals surface area contributed by atoms with E-state index in [0.717, 1.165) is 0 Å². The van der Waals surface area contributed by atoms with E-state index in [9.17, 15) is 13.2 Å². The van der Waals surface area contributed by atoms with Crippen molar-refractivity contribution in [3.8, 4) is 0 Å². The molecule has 0 aromatic carbocycles. The van der Waals surface area contributed by atoms with Gasteiger partial charge in [0.25, 0.3) is 0 Å². The van der Waals surface area contributed by atoms with Gasteiger partial charge in [0.1, 0.15) is 0 Å². The molecule has 0 aromatic rings. The lowest BCUT2D eigenvalue weighted by Crippen LogP contribution is -2.47. The Morgan fingerprint density at radius 2 is 2.00 bits per heavy atom. The summed E-state index contributed by atoms with van der Waals surface area (Å²) in [6.45, 7) is 4.27. The molecule has 1 aliphatic rings. The molecule has 0 aliphatic carbocycles. The second-order valence-corrected chi connectivity index (χ2v) is 6.52. The van der Waals surface area contributed by atoms with Crippen LogP contribution in [0.3, 0.4) is 0 Å². The van der Waals surface area contributed by atoms with Crippen LogP contribution in [-0.4, -0.2) is 55.4 Å². The minimum absolute atomic E-state index is 0.0514. The van der Waals surface area contributed by atoms with Crippen LogP contribution in [0.5, 0.6) is 0 Å². The molecular formula is C11H21NO5S. The molecule has 0 amide bonds. The van der Waals surface area contributed by atoms with Gasteiger partial charge >= 0.3 is 5.97 Å². The van der Waals surface area contributed by atoms with Crippen molar-refractivity contribution in [3.63, 3.8) is 0 Å². The predicted octanol–water partition coefficient (Wildman–Crippen LogP) is 0.538. The van der Waals surface area contributed by atoms with Gasteiger partial charge in [-0.15, -0.1) is 0 Å². The van der Waals surface area contributed by atoms with Crippen molar-refractivity contribution in [3.05, 3.63) is 0 Å². The molecule has 1 aliphatic heterocycles. The van der Waals surface area contributed by atoms with Crippen molar-refractivity contribution < 1.29 is 23.1 Å². The molecular weight excluding hydrogens is 258 g/mol. The molecule has 7 heteroatoms. The van der Waals surface area contributed by atoms with Gasteiger partial charge in [0.15, 0.2) is 0 Å². The van der Waals surface area contributed by atoms with Crippen LogP contribution in [0.1, 0.15) is 26.7 Å². The summed E-state index contributed by atoms with van der Waals surface area (Å²) in [7, 11) is -3.39. The molecule has 6 nitrogen and oxygen atoms in total. The number of nitrogens with zero attached hydrogens (tertiary/aromatic N) is 1. The zero-order chi connectivity index (χ0) is 13.8. The van der Waals surface area contributed by atoms with Crippen molar-refractivity contribution in [1.82, 2.24) is 4.31 Å². The summed E-state index contributed by atoms with van der Waals surface area (Å²) in [5.74, 6) is -1.70. The lowest BCUT2D eigenvalue weighted by atomic mass is 10.0. The second-order valence-electron chi connectivity index (χ2n) is 4.48. The minimum Gasteiger partial charge on any atom is -0.481 e. The van der Waals surface area contributed by atoms with Crippen molar-refractivity contribution in [2.75, 3.05) is 25.5 Å². The van der Waals surface area contributed by atoms with Crippen LogP contribution >= 0.6 is 0 Å². The SMILES string of the molecule is CCCN(C1COCC1C(=O)O)S(=O)(=O)CCC. The Hall–Kier alpha value is -0.660. The molecule has 1 saturated heterocycles. The highest BCUT2D eigenvalue weighted by atomic mass is 32.2. The van der Waals surface area contributed by atoms with Crippen LogP contribution in [0.4, 0.5) is 0 Å². The smallest absolute Gasteiger partial charge is 0.310 e. The zero-order valence-electron chi connectivity index (χ0n) is 10.8. The molecule has 2 unspecified atom stereocenters. The van der Waals surface area contributed by atoms with Gasteiger partial charge in [0.05, 0.1) is 30.9 Å². The first-order chi connectivity index (χ1) is 8.44. The monoisotopic (exact) mass is 279 g/mol. The molecule has 1 fully saturated rings. The molecule has 0 bridgehead atoms. The standard InChI is InChI=1S/C11H21NO5S/c1-3-5-12(18(15,16)6-4-2)10-8-17-7-9(10)11(13)14/h9-10H,3-8H2,1-2H3,(H,13,14). The number of carbonyl (C=O) groups is 1. The van der Waals surface area contributed by atoms with Gasteiger partial charge < -0.3 is 9.84 Å². The van der Waals surface area contributed by atoms with Crippen LogP contribution in [0, 0.1) is 5.92 Å². The van der Waals surface area contributed by atoms with Gasteiger partial charge in [0, 0.05) is 6.54 Å². The molecule has 1 N–H and O–H groups in total. The first-order valence-electron chi connectivity index (χ1n) is 6.24. The van der Waals surface area contributed by atoms with Crippen LogP contribution in [0.2, 0.25) is 0 Å². The van der Waals surface area contributed by atoms with Crippen LogP contribution in [0.15, 0.2) is 0 Å². The Labute approximate surface area is 108 Å². The van der Waals surface area contributed by atoms with Gasteiger partial charge in [-0.25, -0.2) is 8.42 Å². The molecule has 0 aromatic heterocycles. The van der Waals surface area contributed by atoms with Gasteiger partial charge in [-0.1, -0.05) is 13.8 Å². The van der Waals surface area contributed by atoms with E-state index in [2.05, 4.69) is 0 Å². The van der Waals surface area contributed by atoms with E-state index in [0.29, 0.717) is 19.4 Å². The van der Waals surface area contributed by atoms with E-state index in [1.807, 2.05) is 6.92 Å². The lowest BCUT2D eigenvalue weighted by Gasteiger charge is -2.29. The maximum Gasteiger partial charge on any atom is 0.310 e. The number of hydrogen-bond donors (Lipinski definition) is 1. The second kappa shape index (κ2) is 6.49. The average molecular weight is 279 g/mol. The summed E-state index contributed by atoms with van der Waals surface area (Å²) in [6, 6.07) is -0.570. The van der Waals surface area contributed by atoms with Gasteiger partial charge in [0.2, 0.25) is 10.0 Å². The van der Waals surface area contributed by atoms with E-state index in [-0.39, 0.29) is 19.0 Å². The third-order valence-electron chi connectivity index (χ3n) is 3.00. The molecule has 1 rings (SSSR count). The fraction of sp³-hybridized carbons (Fsp3) is 0.909. The number of ether oxygens (including phenoxy) is 1. The number of carboxylic acid groups (broad SMARTS) is 1. The van der Waals surface area contributed by atoms with Crippen molar-refractivity contribution in [2.45, 2.75) is 32.7 Å². The normalized spacial score (nSPS) is 24.6. The average Bonchev–Trinajstić information content (AvgIpc) is 2.73. The molecule has 106 valence electrons. The predicted molar refractivity (Wildman–Crippen MR) is 66.8 cm³/mol. The summed E-state index contributed by atoms with van der Waals surface area (Å²) in [5.41, 5.74) is 0. The van der Waals surface area contributed by atoms with Crippen molar-refractivity contribution in [2.24, 2.45) is 5.92 Å². The number of rotatable bonds is 7. The first-order valence-corrected chi connectivity index (χ1v) is 7.85. The highest BCUT2D eigenvalue weighted by molar-refractivity contribution is 7.89. The number of aliphatic carboxylic acids is 1. The quantitative estimate of drug-likeness (QED) is 0.735. The Morgan fingerprint density at radius 3 is 2.50 bits per heavy atom. The van der Waals surface area contributed by atoms with E-state index < -0.39 is 28.0 Å². The molecule has 2 atom stereocenters. The topological polar surface area (TPSA) is 83.9 Å². The van der Waals surface area contributed by atoms with Crippen LogP contribution in [-0.2, 0) is 19.6 Å². The van der Waals surface area contributed by atoms with Gasteiger partial charge in [-0.3, -0.25) is 4.79 Å².